The van der Waals surface area contributed by atoms with E-state index in [1.54, 1.807) is 54.6 Å². The molecule has 0 fully saturated rings. The van der Waals surface area contributed by atoms with Crippen LogP contribution in [0, 0.1) is 16.1 Å². The molecular formula is C25H14ClN5O3S. The van der Waals surface area contributed by atoms with Crippen molar-refractivity contribution in [3.05, 3.63) is 87.7 Å². The Hall–Kier alpha value is -4.52. The summed E-state index contributed by atoms with van der Waals surface area (Å²) in [5, 5.41) is 19.6. The zero-order chi connectivity index (χ0) is 24.5. The third-order valence-corrected chi connectivity index (χ3v) is 5.66. The van der Waals surface area contributed by atoms with Gasteiger partial charge in [0.05, 0.1) is 22.3 Å². The molecule has 2 heterocycles. The van der Waals surface area contributed by atoms with Crippen LogP contribution in [0.25, 0.3) is 33.7 Å². The Morgan fingerprint density at radius 1 is 1.00 bits per heavy atom. The van der Waals surface area contributed by atoms with E-state index in [1.807, 2.05) is 0 Å². The van der Waals surface area contributed by atoms with E-state index in [2.05, 4.69) is 26.0 Å². The van der Waals surface area contributed by atoms with Gasteiger partial charge in [-0.3, -0.25) is 0 Å². The average Bonchev–Trinajstić information content (AvgIpc) is 3.28. The molecule has 8 nitrogen and oxygen atoms in total. The largest absolute Gasteiger partial charge is 0.478 e. The molecule has 0 spiro atoms. The molecule has 3 aromatic carbocycles. The van der Waals surface area contributed by atoms with E-state index < -0.39 is 5.97 Å². The fraction of sp³-hybridized carbons (Fsp3) is 0. The van der Waals surface area contributed by atoms with Gasteiger partial charge in [-0.1, -0.05) is 23.7 Å². The molecule has 5 rings (SSSR count). The Kier molecular flexibility index (Phi) is 5.74. The van der Waals surface area contributed by atoms with Crippen LogP contribution < -0.4 is 4.74 Å². The maximum atomic E-state index is 11.2. The number of nitrogens with one attached hydrogen (secondary N) is 2. The van der Waals surface area contributed by atoms with Crippen molar-refractivity contribution in [3.8, 4) is 40.3 Å². The quantitative estimate of drug-likeness (QED) is 0.240. The fourth-order valence-electron chi connectivity index (χ4n) is 3.53. The van der Waals surface area contributed by atoms with Crippen LogP contribution in [-0.4, -0.2) is 31.0 Å². The predicted molar refractivity (Wildman–Crippen MR) is 133 cm³/mol. The minimum Gasteiger partial charge on any atom is -0.478 e. The molecule has 0 radical (unpaired) electrons. The Morgan fingerprint density at radius 3 is 2.40 bits per heavy atom. The van der Waals surface area contributed by atoms with Crippen molar-refractivity contribution < 1.29 is 14.6 Å². The van der Waals surface area contributed by atoms with E-state index >= 15 is 0 Å². The number of aromatic nitrogens is 4. The summed E-state index contributed by atoms with van der Waals surface area (Å²) in [5.41, 5.74) is 3.63. The van der Waals surface area contributed by atoms with Crippen molar-refractivity contribution in [2.24, 2.45) is 0 Å². The molecule has 3 N–H and O–H groups in total. The summed E-state index contributed by atoms with van der Waals surface area (Å²) in [4.78, 5) is 26.0. The maximum absolute atomic E-state index is 11.2. The van der Waals surface area contributed by atoms with Gasteiger partial charge < -0.3 is 19.8 Å². The molecule has 0 unspecified atom stereocenters. The standard InChI is InChI=1S/C25H14ClN5O3S/c26-16-6-1-13(2-7-16)21-18(12-27)23(31-25(35)30-21)34-17-8-3-14(4-9-17)22-28-19-10-5-15(24(32)33)11-20(19)29-22/h1-11H,(H,28,29)(H,32,33)(H,30,31,35). The molecule has 0 amide bonds. The summed E-state index contributed by atoms with van der Waals surface area (Å²) < 4.78 is 6.09. The van der Waals surface area contributed by atoms with Gasteiger partial charge in [-0.15, -0.1) is 0 Å². The van der Waals surface area contributed by atoms with Gasteiger partial charge in [-0.25, -0.2) is 9.78 Å². The number of nitrogens with zero attached hydrogens (tertiary/aromatic N) is 3. The van der Waals surface area contributed by atoms with Crippen LogP contribution in [0.5, 0.6) is 11.6 Å². The second-order valence-corrected chi connectivity index (χ2v) is 8.29. The predicted octanol–water partition coefficient (Wildman–Crippen LogP) is 6.37. The minimum atomic E-state index is -1.00. The van der Waals surface area contributed by atoms with Gasteiger partial charge in [0.25, 0.3) is 0 Å². The van der Waals surface area contributed by atoms with Gasteiger partial charge >= 0.3 is 5.97 Å². The van der Waals surface area contributed by atoms with E-state index in [4.69, 9.17) is 28.6 Å². The highest BCUT2D eigenvalue weighted by Crippen LogP contribution is 2.31. The SMILES string of the molecule is N#Cc1c(Oc2ccc(-c3nc4ccc(C(=O)O)cc4[nH]3)cc2)nc(=S)[nH]c1-c1ccc(Cl)cc1. The lowest BCUT2D eigenvalue weighted by atomic mass is 10.1. The molecular weight excluding hydrogens is 486 g/mol. The fourth-order valence-corrected chi connectivity index (χ4v) is 3.85. The van der Waals surface area contributed by atoms with Gasteiger partial charge in [0.2, 0.25) is 10.7 Å². The minimum absolute atomic E-state index is 0.0823. The number of nitriles is 1. The normalized spacial score (nSPS) is 10.7. The number of ether oxygens (including phenoxy) is 1. The molecule has 0 aliphatic carbocycles. The summed E-state index contributed by atoms with van der Waals surface area (Å²) >= 11 is 11.2. The van der Waals surface area contributed by atoms with E-state index in [-0.39, 0.29) is 21.8 Å². The molecule has 0 aliphatic rings. The van der Waals surface area contributed by atoms with E-state index in [0.717, 1.165) is 11.1 Å². The van der Waals surface area contributed by atoms with Crippen LogP contribution in [-0.2, 0) is 0 Å². The highest BCUT2D eigenvalue weighted by molar-refractivity contribution is 7.71. The Balaban J connectivity index is 1.45. The van der Waals surface area contributed by atoms with Crippen LogP contribution >= 0.6 is 23.8 Å². The van der Waals surface area contributed by atoms with Gasteiger partial charge in [-0.2, -0.15) is 10.2 Å². The number of hydrogen-bond acceptors (Lipinski definition) is 6. The Labute approximate surface area is 208 Å². The van der Waals surface area contributed by atoms with Crippen molar-refractivity contribution in [1.82, 2.24) is 19.9 Å². The highest BCUT2D eigenvalue weighted by Gasteiger charge is 2.16. The monoisotopic (exact) mass is 499 g/mol. The van der Waals surface area contributed by atoms with Gasteiger partial charge in [0.1, 0.15) is 23.2 Å². The van der Waals surface area contributed by atoms with Crippen molar-refractivity contribution >= 4 is 40.8 Å². The van der Waals surface area contributed by atoms with Crippen molar-refractivity contribution in [2.75, 3.05) is 0 Å². The Morgan fingerprint density at radius 2 is 1.71 bits per heavy atom. The van der Waals surface area contributed by atoms with Crippen LogP contribution in [0.4, 0.5) is 0 Å². The first-order valence-corrected chi connectivity index (χ1v) is 11.0. The summed E-state index contributed by atoms with van der Waals surface area (Å²) in [5.74, 6) is 0.107. The number of aromatic carboxylic acids is 1. The maximum Gasteiger partial charge on any atom is 0.335 e. The summed E-state index contributed by atoms with van der Waals surface area (Å²) in [6, 6.07) is 20.8. The number of rotatable bonds is 5. The number of aromatic amines is 2. The number of imidazole rings is 1. The molecule has 5 aromatic rings. The van der Waals surface area contributed by atoms with Crippen molar-refractivity contribution in [2.45, 2.75) is 0 Å². The molecule has 170 valence electrons. The first-order valence-electron chi connectivity index (χ1n) is 10.2. The number of fused-ring (bicyclic) bond motifs is 1. The van der Waals surface area contributed by atoms with E-state index in [0.29, 0.717) is 33.3 Å². The van der Waals surface area contributed by atoms with Crippen molar-refractivity contribution in [3.63, 3.8) is 0 Å². The zero-order valence-corrected chi connectivity index (χ0v) is 19.3. The molecule has 0 bridgehead atoms. The lowest BCUT2D eigenvalue weighted by molar-refractivity contribution is 0.0697. The van der Waals surface area contributed by atoms with Crippen molar-refractivity contribution in [1.29, 1.82) is 5.26 Å². The molecule has 0 atom stereocenters. The number of carbonyl (C=O) groups is 1. The van der Waals surface area contributed by atoms with Crippen LogP contribution in [0.15, 0.2) is 66.7 Å². The first-order chi connectivity index (χ1) is 16.9. The number of halogens is 1. The third kappa shape index (κ3) is 4.48. The second kappa shape index (κ2) is 9.02. The van der Waals surface area contributed by atoms with Crippen LogP contribution in [0.2, 0.25) is 5.02 Å². The zero-order valence-electron chi connectivity index (χ0n) is 17.7. The number of carboxylic acid groups (broad SMARTS) is 1. The number of H-pyrrole nitrogens is 2. The smallest absolute Gasteiger partial charge is 0.335 e. The van der Waals surface area contributed by atoms with Gasteiger partial charge in [0.15, 0.2) is 0 Å². The number of carboxylic acids is 1. The molecule has 10 heteroatoms. The number of benzene rings is 3. The number of hydrogen-bond donors (Lipinski definition) is 3. The molecule has 0 aliphatic heterocycles. The van der Waals surface area contributed by atoms with Gasteiger partial charge in [-0.05, 0) is 72.4 Å². The van der Waals surface area contributed by atoms with Crippen LogP contribution in [0.3, 0.4) is 0 Å². The lowest BCUT2D eigenvalue weighted by Crippen LogP contribution is -1.99. The lowest BCUT2D eigenvalue weighted by Gasteiger charge is -2.11. The van der Waals surface area contributed by atoms with E-state index in [9.17, 15) is 15.2 Å². The third-order valence-electron chi connectivity index (χ3n) is 5.21. The molecule has 35 heavy (non-hydrogen) atoms. The van der Waals surface area contributed by atoms with Crippen LogP contribution in [0.1, 0.15) is 15.9 Å². The second-order valence-electron chi connectivity index (χ2n) is 7.46. The molecule has 0 saturated heterocycles. The first kappa shape index (κ1) is 22.3. The summed E-state index contributed by atoms with van der Waals surface area (Å²) in [6.45, 7) is 0. The summed E-state index contributed by atoms with van der Waals surface area (Å²) in [7, 11) is 0. The average molecular weight is 500 g/mol. The van der Waals surface area contributed by atoms with Gasteiger partial charge in [0, 0.05) is 10.6 Å². The molecule has 2 aromatic heterocycles. The Bertz CT molecular complexity index is 1690. The highest BCUT2D eigenvalue weighted by atomic mass is 35.5. The molecule has 0 saturated carbocycles. The summed E-state index contributed by atoms with van der Waals surface area (Å²) in [6.07, 6.45) is 0. The van der Waals surface area contributed by atoms with E-state index in [1.165, 1.54) is 12.1 Å². The topological polar surface area (TPSA) is 128 Å².